The second-order valence-corrected chi connectivity index (χ2v) is 11.8. The summed E-state index contributed by atoms with van der Waals surface area (Å²) < 4.78 is 17.3. The van der Waals surface area contributed by atoms with E-state index in [-0.39, 0.29) is 16.8 Å². The molecule has 33 heavy (non-hydrogen) atoms. The molecule has 0 N–H and O–H groups in total. The maximum absolute atomic E-state index is 13.1. The summed E-state index contributed by atoms with van der Waals surface area (Å²) in [5.74, 6) is 3.64. The van der Waals surface area contributed by atoms with Crippen LogP contribution in [0, 0.1) is 28.6 Å². The average Bonchev–Trinajstić information content (AvgIpc) is 2.82. The van der Waals surface area contributed by atoms with Gasteiger partial charge < -0.3 is 14.2 Å². The van der Waals surface area contributed by atoms with E-state index in [1.165, 1.54) is 17.5 Å². The molecule has 0 unspecified atom stereocenters. The standard InChI is InChI=1S/C29H40O4/c1-17(2)19-16-29-14-11-22-27(3,12-8-13-28(22,4)26(30)33-7)23(29)15-18(19)24-20(31-5)9-10-21(32-6)25(24)29/h9-10,16-18,22-23H,8,11-15H2,1-7H3/t18-,22+,23+,27+,28-,29-/m1/s1. The Morgan fingerprint density at radius 1 is 1.00 bits per heavy atom. The van der Waals surface area contributed by atoms with E-state index in [0.29, 0.717) is 23.7 Å². The van der Waals surface area contributed by atoms with Gasteiger partial charge in [-0.15, -0.1) is 0 Å². The summed E-state index contributed by atoms with van der Waals surface area (Å²) in [5.41, 5.74) is 3.89. The molecule has 0 radical (unpaired) electrons. The maximum Gasteiger partial charge on any atom is 0.311 e. The van der Waals surface area contributed by atoms with Crippen LogP contribution in [0.4, 0.5) is 0 Å². The highest BCUT2D eigenvalue weighted by atomic mass is 16.5. The molecule has 0 heterocycles. The SMILES string of the molecule is COC(=O)[C@]1(C)CCC[C@@]2(C)[C@@H]1CC[C@@]13C=C(C(C)C)[C@@H](C[C@@H]21)c1c(OC)ccc(OC)c13. The lowest BCUT2D eigenvalue weighted by Gasteiger charge is -2.66. The summed E-state index contributed by atoms with van der Waals surface area (Å²) >= 11 is 0. The van der Waals surface area contributed by atoms with E-state index in [1.807, 2.05) is 0 Å². The molecule has 1 aromatic rings. The van der Waals surface area contributed by atoms with Gasteiger partial charge in [-0.25, -0.2) is 0 Å². The molecule has 0 saturated heterocycles. The van der Waals surface area contributed by atoms with Crippen molar-refractivity contribution in [3.8, 4) is 11.5 Å². The van der Waals surface area contributed by atoms with Gasteiger partial charge in [0.05, 0.1) is 26.7 Å². The van der Waals surface area contributed by atoms with Gasteiger partial charge >= 0.3 is 5.97 Å². The van der Waals surface area contributed by atoms with Gasteiger partial charge in [0.2, 0.25) is 0 Å². The smallest absolute Gasteiger partial charge is 0.311 e. The monoisotopic (exact) mass is 452 g/mol. The molecule has 4 heteroatoms. The molecule has 1 aromatic carbocycles. The number of hydrogen-bond acceptors (Lipinski definition) is 4. The number of methoxy groups -OCH3 is 3. The number of carbonyl (C=O) groups is 1. The first kappa shape index (κ1) is 22.8. The van der Waals surface area contributed by atoms with E-state index in [2.05, 4.69) is 45.9 Å². The fraction of sp³-hybridized carbons (Fsp3) is 0.690. The summed E-state index contributed by atoms with van der Waals surface area (Å²) in [6, 6.07) is 4.19. The van der Waals surface area contributed by atoms with Crippen molar-refractivity contribution < 1.29 is 19.0 Å². The predicted molar refractivity (Wildman–Crippen MR) is 130 cm³/mol. The third-order valence-electron chi connectivity index (χ3n) is 10.3. The third-order valence-corrected chi connectivity index (χ3v) is 10.3. The minimum absolute atomic E-state index is 0.0200. The van der Waals surface area contributed by atoms with Crippen LogP contribution in [0.25, 0.3) is 0 Å². The Bertz CT molecular complexity index is 1010. The number of allylic oxidation sites excluding steroid dienone is 2. The van der Waals surface area contributed by atoms with Crippen molar-refractivity contribution in [1.29, 1.82) is 0 Å². The fourth-order valence-corrected chi connectivity index (χ4v) is 9.00. The number of rotatable bonds is 4. The summed E-state index contributed by atoms with van der Waals surface area (Å²) in [6.07, 6.45) is 9.05. The topological polar surface area (TPSA) is 44.8 Å². The first-order chi connectivity index (χ1) is 15.7. The van der Waals surface area contributed by atoms with Crippen LogP contribution in [0.3, 0.4) is 0 Å². The fourth-order valence-electron chi connectivity index (χ4n) is 9.00. The van der Waals surface area contributed by atoms with Crippen molar-refractivity contribution in [2.45, 2.75) is 77.6 Å². The zero-order valence-corrected chi connectivity index (χ0v) is 21.4. The second-order valence-electron chi connectivity index (χ2n) is 11.8. The Hall–Kier alpha value is -1.97. The first-order valence-corrected chi connectivity index (χ1v) is 12.7. The summed E-state index contributed by atoms with van der Waals surface area (Å²) in [7, 11) is 5.14. The number of fused-ring (bicyclic) bond motifs is 1. The molecule has 2 fully saturated rings. The van der Waals surface area contributed by atoms with Gasteiger partial charge in [0.25, 0.3) is 0 Å². The van der Waals surface area contributed by atoms with Crippen molar-refractivity contribution >= 4 is 5.97 Å². The van der Waals surface area contributed by atoms with Gasteiger partial charge in [-0.05, 0) is 74.3 Å². The van der Waals surface area contributed by atoms with Gasteiger partial charge in [-0.1, -0.05) is 38.8 Å². The molecule has 2 saturated carbocycles. The van der Waals surface area contributed by atoms with Gasteiger partial charge in [0.1, 0.15) is 11.5 Å². The number of benzene rings is 1. The number of ether oxygens (including phenoxy) is 3. The Morgan fingerprint density at radius 3 is 2.33 bits per heavy atom. The van der Waals surface area contributed by atoms with E-state index in [0.717, 1.165) is 43.6 Å². The van der Waals surface area contributed by atoms with Gasteiger partial charge in [-0.3, -0.25) is 4.79 Å². The molecule has 1 spiro atoms. The molecule has 180 valence electrons. The van der Waals surface area contributed by atoms with Gasteiger partial charge in [0, 0.05) is 22.5 Å². The summed E-state index contributed by atoms with van der Waals surface area (Å²) in [5, 5.41) is 0. The minimum atomic E-state index is -0.397. The van der Waals surface area contributed by atoms with Crippen molar-refractivity contribution in [2.75, 3.05) is 21.3 Å². The highest BCUT2D eigenvalue weighted by Crippen LogP contribution is 2.73. The molecule has 0 amide bonds. The lowest BCUT2D eigenvalue weighted by molar-refractivity contribution is -0.175. The average molecular weight is 453 g/mol. The first-order valence-electron chi connectivity index (χ1n) is 12.7. The molecular weight excluding hydrogens is 412 g/mol. The van der Waals surface area contributed by atoms with Crippen molar-refractivity contribution in [3.63, 3.8) is 0 Å². The lowest BCUT2D eigenvalue weighted by Crippen LogP contribution is -2.62. The van der Waals surface area contributed by atoms with Crippen molar-refractivity contribution in [2.24, 2.45) is 28.6 Å². The van der Waals surface area contributed by atoms with Crippen molar-refractivity contribution in [3.05, 3.63) is 34.9 Å². The van der Waals surface area contributed by atoms with E-state index in [9.17, 15) is 4.79 Å². The van der Waals surface area contributed by atoms with Crippen LogP contribution in [0.2, 0.25) is 0 Å². The lowest BCUT2D eigenvalue weighted by atomic mass is 9.37. The van der Waals surface area contributed by atoms with Crippen molar-refractivity contribution in [1.82, 2.24) is 0 Å². The van der Waals surface area contributed by atoms with Gasteiger partial charge in [-0.2, -0.15) is 0 Å². The van der Waals surface area contributed by atoms with E-state index < -0.39 is 5.41 Å². The van der Waals surface area contributed by atoms with Crippen LogP contribution >= 0.6 is 0 Å². The van der Waals surface area contributed by atoms with Crippen LogP contribution < -0.4 is 9.47 Å². The van der Waals surface area contributed by atoms with E-state index >= 15 is 0 Å². The Morgan fingerprint density at radius 2 is 1.70 bits per heavy atom. The zero-order valence-electron chi connectivity index (χ0n) is 21.4. The Kier molecular flexibility index (Phi) is 5.19. The predicted octanol–water partition coefficient (Wildman–Crippen LogP) is 6.42. The Balaban J connectivity index is 1.73. The summed E-state index contributed by atoms with van der Waals surface area (Å²) in [6.45, 7) is 9.31. The molecule has 6 rings (SSSR count). The number of hydrogen-bond donors (Lipinski definition) is 0. The molecular formula is C29H40O4. The van der Waals surface area contributed by atoms with Crippen LogP contribution in [0.15, 0.2) is 23.8 Å². The zero-order chi connectivity index (χ0) is 23.8. The maximum atomic E-state index is 13.1. The van der Waals surface area contributed by atoms with Crippen LogP contribution in [0.5, 0.6) is 11.5 Å². The molecule has 5 aliphatic carbocycles. The van der Waals surface area contributed by atoms with E-state index in [1.54, 1.807) is 26.9 Å². The van der Waals surface area contributed by atoms with E-state index in [4.69, 9.17) is 14.2 Å². The molecule has 4 nitrogen and oxygen atoms in total. The number of esters is 1. The van der Waals surface area contributed by atoms with Gasteiger partial charge in [0.15, 0.2) is 0 Å². The second kappa shape index (κ2) is 7.52. The Labute approximate surface area is 199 Å². The highest BCUT2D eigenvalue weighted by molar-refractivity contribution is 5.77. The molecule has 6 atom stereocenters. The molecule has 0 aliphatic heterocycles. The van der Waals surface area contributed by atoms with Crippen LogP contribution in [-0.2, 0) is 14.9 Å². The molecule has 5 aliphatic rings. The largest absolute Gasteiger partial charge is 0.496 e. The van der Waals surface area contributed by atoms with Crippen LogP contribution in [-0.4, -0.2) is 27.3 Å². The quantitative estimate of drug-likeness (QED) is 0.390. The molecule has 0 aromatic heterocycles. The third kappa shape index (κ3) is 2.79. The molecule has 2 bridgehead atoms. The summed E-state index contributed by atoms with van der Waals surface area (Å²) in [4.78, 5) is 13.1. The number of carbonyl (C=O) groups excluding carboxylic acids is 1. The minimum Gasteiger partial charge on any atom is -0.496 e. The normalized spacial score (nSPS) is 38.7. The highest BCUT2D eigenvalue weighted by Gasteiger charge is 2.66. The van der Waals surface area contributed by atoms with Crippen LogP contribution in [0.1, 0.15) is 83.3 Å².